The van der Waals surface area contributed by atoms with Gasteiger partial charge in [0.05, 0.1) is 5.69 Å². The van der Waals surface area contributed by atoms with Gasteiger partial charge >= 0.3 is 51.4 Å². The normalized spacial score (nSPS) is 9.17. The summed E-state index contributed by atoms with van der Waals surface area (Å²) in [5, 5.41) is 0. The van der Waals surface area contributed by atoms with Crippen molar-refractivity contribution >= 4 is 29.0 Å². The molecule has 0 saturated carbocycles. The molecule has 0 aliphatic carbocycles. The fraction of sp³-hybridized carbons (Fsp3) is 0.429. The fourth-order valence-electron chi connectivity index (χ4n) is 0.889. The zero-order valence-corrected chi connectivity index (χ0v) is 12.2. The second-order valence-corrected chi connectivity index (χ2v) is 3.37. The van der Waals surface area contributed by atoms with Crippen molar-refractivity contribution in [1.29, 1.82) is 0 Å². The minimum absolute atomic E-state index is 0. The van der Waals surface area contributed by atoms with Gasteiger partial charge in [0.15, 0.2) is 0 Å². The molecule has 5 heteroatoms. The van der Waals surface area contributed by atoms with Crippen molar-refractivity contribution in [3.05, 3.63) is 17.2 Å². The van der Waals surface area contributed by atoms with Crippen molar-refractivity contribution in [3.63, 3.8) is 0 Å². The van der Waals surface area contributed by atoms with Gasteiger partial charge in [0.1, 0.15) is 5.82 Å². The van der Waals surface area contributed by atoms with Crippen LogP contribution >= 0.6 is 12.2 Å². The summed E-state index contributed by atoms with van der Waals surface area (Å²) in [7, 11) is 0. The van der Waals surface area contributed by atoms with Gasteiger partial charge in [-0.05, 0) is 6.92 Å². The first-order valence-electron chi connectivity index (χ1n) is 3.42. The summed E-state index contributed by atoms with van der Waals surface area (Å²) >= 11 is 9.69. The molecular weight excluding hydrogens is 215 g/mol. The summed E-state index contributed by atoms with van der Waals surface area (Å²) in [6, 6.07) is 0. The number of aromatic amines is 1. The topological polar surface area (TPSA) is 28.7 Å². The van der Waals surface area contributed by atoms with Crippen LogP contribution in [0.1, 0.15) is 24.1 Å². The van der Waals surface area contributed by atoms with E-state index in [9.17, 15) is 0 Å². The average molecular weight is 224 g/mol. The first-order valence-corrected chi connectivity index (χ1v) is 4.23. The van der Waals surface area contributed by atoms with Gasteiger partial charge in [-0.2, -0.15) is 0 Å². The number of aryl methyl sites for hydroxylation is 2. The monoisotopic (exact) mass is 224 g/mol. The van der Waals surface area contributed by atoms with E-state index >= 15 is 0 Å². The van der Waals surface area contributed by atoms with Crippen LogP contribution in [0.5, 0.6) is 0 Å². The maximum Gasteiger partial charge on any atom is 1.00 e. The molecule has 0 amide bonds. The fourth-order valence-corrected chi connectivity index (χ4v) is 1.29. The largest absolute Gasteiger partial charge is 1.00 e. The van der Waals surface area contributed by atoms with E-state index in [0.29, 0.717) is 4.20 Å². The summed E-state index contributed by atoms with van der Waals surface area (Å²) in [6.45, 7) is 3.97. The van der Waals surface area contributed by atoms with E-state index < -0.39 is 0 Å². The number of imidazole rings is 1. The number of nitrogens with zero attached hydrogens (tertiary/aromatic N) is 1. The first-order chi connectivity index (χ1) is 5.15. The molecule has 0 radical (unpaired) electrons. The van der Waals surface area contributed by atoms with E-state index in [1.165, 1.54) is 0 Å². The Hall–Kier alpha value is 1.16. The zero-order chi connectivity index (χ0) is 8.43. The Bertz CT molecular complexity index is 283. The minimum atomic E-state index is 0. The second kappa shape index (κ2) is 5.80. The Morgan fingerprint density at radius 3 is 2.50 bits per heavy atom. The van der Waals surface area contributed by atoms with Gasteiger partial charge in [-0.3, -0.25) is 0 Å². The SMILES string of the molecule is CCc1nc(C(=S)[S-])c(C)[nH]1.[K+]. The molecular formula is C7H9KN2S2. The van der Waals surface area contributed by atoms with Crippen LogP contribution in [0.4, 0.5) is 0 Å². The Kier molecular flexibility index (Phi) is 6.36. The Morgan fingerprint density at radius 2 is 2.25 bits per heavy atom. The van der Waals surface area contributed by atoms with Gasteiger partial charge < -0.3 is 29.8 Å². The predicted octanol–water partition coefficient (Wildman–Crippen LogP) is -1.49. The Labute approximate surface area is 126 Å². The molecule has 60 valence electrons. The third-order valence-electron chi connectivity index (χ3n) is 1.46. The molecule has 1 rings (SSSR count). The van der Waals surface area contributed by atoms with Crippen molar-refractivity contribution < 1.29 is 51.4 Å². The first kappa shape index (κ1) is 13.2. The standard InChI is InChI=1S/C7H10N2S2.K/c1-3-5-8-4(2)6(9-5)7(10)11;/h3H2,1-2H3,(H,8,9)(H,10,11);/q;+1/p-1. The van der Waals surface area contributed by atoms with Crippen LogP contribution in [0.25, 0.3) is 0 Å². The third kappa shape index (κ3) is 3.14. The summed E-state index contributed by atoms with van der Waals surface area (Å²) in [6.07, 6.45) is 0.888. The number of hydrogen-bond donors (Lipinski definition) is 1. The van der Waals surface area contributed by atoms with Crippen molar-refractivity contribution in [3.8, 4) is 0 Å². The summed E-state index contributed by atoms with van der Waals surface area (Å²) in [4.78, 5) is 7.34. The molecule has 0 aliphatic rings. The van der Waals surface area contributed by atoms with Crippen LogP contribution in [0.3, 0.4) is 0 Å². The zero-order valence-electron chi connectivity index (χ0n) is 7.47. The molecule has 0 fully saturated rings. The molecule has 1 heterocycles. The van der Waals surface area contributed by atoms with Crippen LogP contribution in [-0.2, 0) is 19.0 Å². The molecule has 0 unspecified atom stereocenters. The predicted molar refractivity (Wildman–Crippen MR) is 51.8 cm³/mol. The van der Waals surface area contributed by atoms with Crippen LogP contribution in [-0.4, -0.2) is 14.2 Å². The van der Waals surface area contributed by atoms with E-state index in [2.05, 4.69) is 9.97 Å². The number of hydrogen-bond acceptors (Lipinski definition) is 3. The molecule has 2 nitrogen and oxygen atoms in total. The smallest absolute Gasteiger partial charge is 0.426 e. The summed E-state index contributed by atoms with van der Waals surface area (Å²) < 4.78 is 0.443. The van der Waals surface area contributed by atoms with Crippen molar-refractivity contribution in [2.24, 2.45) is 0 Å². The molecule has 1 aromatic rings. The number of thiocarbonyl (C=S) groups is 1. The summed E-state index contributed by atoms with van der Waals surface area (Å²) in [5.74, 6) is 0.949. The van der Waals surface area contributed by atoms with E-state index in [0.717, 1.165) is 23.6 Å². The molecule has 1 aromatic heterocycles. The Balaban J connectivity index is 0.00000121. The maximum absolute atomic E-state index is 4.84. The van der Waals surface area contributed by atoms with Crippen molar-refractivity contribution in [1.82, 2.24) is 9.97 Å². The third-order valence-corrected chi connectivity index (χ3v) is 1.85. The molecule has 0 saturated heterocycles. The van der Waals surface area contributed by atoms with E-state index in [4.69, 9.17) is 24.8 Å². The van der Waals surface area contributed by atoms with Gasteiger partial charge in [-0.25, -0.2) is 4.98 Å². The van der Waals surface area contributed by atoms with Crippen LogP contribution in [0.2, 0.25) is 0 Å². The van der Waals surface area contributed by atoms with Gasteiger partial charge in [-0.1, -0.05) is 6.92 Å². The second-order valence-electron chi connectivity index (χ2n) is 2.30. The quantitative estimate of drug-likeness (QED) is 0.377. The minimum Gasteiger partial charge on any atom is -0.426 e. The summed E-state index contributed by atoms with van der Waals surface area (Å²) in [5.41, 5.74) is 1.73. The average Bonchev–Trinajstić information content (AvgIpc) is 2.30. The number of H-pyrrole nitrogens is 1. The number of aromatic nitrogens is 2. The molecule has 1 N–H and O–H groups in total. The van der Waals surface area contributed by atoms with E-state index in [1.54, 1.807) is 0 Å². The number of nitrogens with one attached hydrogen (secondary N) is 1. The molecule has 12 heavy (non-hydrogen) atoms. The number of rotatable bonds is 2. The van der Waals surface area contributed by atoms with Crippen LogP contribution in [0, 0.1) is 6.92 Å². The van der Waals surface area contributed by atoms with Crippen molar-refractivity contribution in [2.75, 3.05) is 0 Å². The van der Waals surface area contributed by atoms with Crippen LogP contribution in [0.15, 0.2) is 0 Å². The van der Waals surface area contributed by atoms with Gasteiger partial charge in [-0.15, -0.1) is 4.20 Å². The van der Waals surface area contributed by atoms with Crippen LogP contribution < -0.4 is 51.4 Å². The molecule has 0 spiro atoms. The Morgan fingerprint density at radius 1 is 1.67 bits per heavy atom. The van der Waals surface area contributed by atoms with E-state index in [1.807, 2.05) is 13.8 Å². The van der Waals surface area contributed by atoms with Gasteiger partial charge in [0, 0.05) is 12.1 Å². The van der Waals surface area contributed by atoms with Gasteiger partial charge in [0.2, 0.25) is 0 Å². The van der Waals surface area contributed by atoms with E-state index in [-0.39, 0.29) is 51.4 Å². The molecule has 0 bridgehead atoms. The molecule has 0 aliphatic heterocycles. The van der Waals surface area contributed by atoms with Gasteiger partial charge in [0.25, 0.3) is 0 Å². The van der Waals surface area contributed by atoms with Crippen molar-refractivity contribution in [2.45, 2.75) is 20.3 Å². The maximum atomic E-state index is 4.84. The molecule has 0 aromatic carbocycles. The molecule has 0 atom stereocenters.